The van der Waals surface area contributed by atoms with Gasteiger partial charge < -0.3 is 0 Å². The zero-order valence-corrected chi connectivity index (χ0v) is 10.4. The van der Waals surface area contributed by atoms with Crippen LogP contribution in [0.15, 0.2) is 12.2 Å². The van der Waals surface area contributed by atoms with E-state index in [4.69, 9.17) is 0 Å². The van der Waals surface area contributed by atoms with Crippen LogP contribution in [0.5, 0.6) is 0 Å². The molecule has 0 aromatic heterocycles. The number of carbonyl (C=O) groups excluding carboxylic acids is 1. The predicted octanol–water partition coefficient (Wildman–Crippen LogP) is 2.79. The lowest BCUT2D eigenvalue weighted by Gasteiger charge is -2.50. The van der Waals surface area contributed by atoms with E-state index >= 15 is 0 Å². The van der Waals surface area contributed by atoms with Crippen molar-refractivity contribution in [2.24, 2.45) is 5.41 Å². The Hall–Kier alpha value is -0.630. The summed E-state index contributed by atoms with van der Waals surface area (Å²) in [7, 11) is 0. The highest BCUT2D eigenvalue weighted by Crippen LogP contribution is 2.42. The summed E-state index contributed by atoms with van der Waals surface area (Å²) < 4.78 is 0. The minimum atomic E-state index is 0.157. The quantitative estimate of drug-likeness (QED) is 0.683. The van der Waals surface area contributed by atoms with Gasteiger partial charge in [-0.2, -0.15) is 0 Å². The molecule has 90 valence electrons. The van der Waals surface area contributed by atoms with Gasteiger partial charge in [0.15, 0.2) is 5.78 Å². The van der Waals surface area contributed by atoms with E-state index in [0.717, 1.165) is 6.54 Å². The van der Waals surface area contributed by atoms with Crippen LogP contribution in [0.25, 0.3) is 0 Å². The van der Waals surface area contributed by atoms with Crippen molar-refractivity contribution in [3.05, 3.63) is 12.2 Å². The van der Waals surface area contributed by atoms with Crippen LogP contribution in [-0.2, 0) is 4.79 Å². The Labute approximate surface area is 98.7 Å². The standard InChI is InChI=1S/C14H23NO/c1-13(16)7-6-10-15-11-14(12-15)8-4-2-3-5-9-14/h6-7H,2-5,8-12H2,1H3/b7-6+. The minimum Gasteiger partial charge on any atom is -0.298 e. The first-order chi connectivity index (χ1) is 7.70. The van der Waals surface area contributed by atoms with Crippen molar-refractivity contribution >= 4 is 5.78 Å². The summed E-state index contributed by atoms with van der Waals surface area (Å²) in [5, 5.41) is 0. The van der Waals surface area contributed by atoms with Gasteiger partial charge in [0.2, 0.25) is 0 Å². The molecule has 2 heteroatoms. The Morgan fingerprint density at radius 1 is 1.19 bits per heavy atom. The molecule has 0 atom stereocenters. The SMILES string of the molecule is CC(=O)/C=C/CN1CC2(CCCCCC2)C1. The van der Waals surface area contributed by atoms with Crippen LogP contribution >= 0.6 is 0 Å². The third-order valence-electron chi connectivity index (χ3n) is 4.00. The van der Waals surface area contributed by atoms with Crippen molar-refractivity contribution in [3.8, 4) is 0 Å². The van der Waals surface area contributed by atoms with Gasteiger partial charge in [-0.05, 0) is 31.3 Å². The highest BCUT2D eigenvalue weighted by molar-refractivity contribution is 5.87. The first-order valence-electron chi connectivity index (χ1n) is 6.60. The monoisotopic (exact) mass is 221 g/mol. The summed E-state index contributed by atoms with van der Waals surface area (Å²) in [5.41, 5.74) is 0.653. The lowest BCUT2D eigenvalue weighted by molar-refractivity contribution is -0.112. The smallest absolute Gasteiger partial charge is 0.152 e. The molecule has 2 aliphatic rings. The van der Waals surface area contributed by atoms with Gasteiger partial charge in [-0.3, -0.25) is 9.69 Å². The number of likely N-dealkylation sites (tertiary alicyclic amines) is 1. The summed E-state index contributed by atoms with van der Waals surface area (Å²) in [6, 6.07) is 0. The Kier molecular flexibility index (Phi) is 3.80. The highest BCUT2D eigenvalue weighted by atomic mass is 16.1. The Morgan fingerprint density at radius 2 is 1.81 bits per heavy atom. The normalized spacial score (nSPS) is 25.6. The Balaban J connectivity index is 1.73. The molecular formula is C14H23NO. The molecule has 2 fully saturated rings. The molecule has 0 aromatic rings. The molecule has 1 aliphatic heterocycles. The highest BCUT2D eigenvalue weighted by Gasteiger charge is 2.41. The van der Waals surface area contributed by atoms with Crippen LogP contribution in [0.2, 0.25) is 0 Å². The molecule has 1 heterocycles. The van der Waals surface area contributed by atoms with Gasteiger partial charge in [-0.15, -0.1) is 0 Å². The molecule has 2 nitrogen and oxygen atoms in total. The molecule has 2 rings (SSSR count). The second-order valence-electron chi connectivity index (χ2n) is 5.60. The number of nitrogens with zero attached hydrogens (tertiary/aromatic N) is 1. The Morgan fingerprint density at radius 3 is 2.38 bits per heavy atom. The third kappa shape index (κ3) is 2.94. The summed E-state index contributed by atoms with van der Waals surface area (Å²) in [5.74, 6) is 0.157. The van der Waals surface area contributed by atoms with Crippen LogP contribution in [0.4, 0.5) is 0 Å². The minimum absolute atomic E-state index is 0.157. The van der Waals surface area contributed by atoms with Crippen molar-refractivity contribution < 1.29 is 4.79 Å². The van der Waals surface area contributed by atoms with Crippen LogP contribution in [-0.4, -0.2) is 30.3 Å². The molecule has 0 aromatic carbocycles. The van der Waals surface area contributed by atoms with Crippen LogP contribution < -0.4 is 0 Å². The fourth-order valence-corrected chi connectivity index (χ4v) is 3.19. The van der Waals surface area contributed by atoms with Gasteiger partial charge in [0.25, 0.3) is 0 Å². The topological polar surface area (TPSA) is 20.3 Å². The zero-order valence-electron chi connectivity index (χ0n) is 10.4. The molecular weight excluding hydrogens is 198 g/mol. The molecule has 0 radical (unpaired) electrons. The fraction of sp³-hybridized carbons (Fsp3) is 0.786. The lowest BCUT2D eigenvalue weighted by Crippen LogP contribution is -2.55. The van der Waals surface area contributed by atoms with Gasteiger partial charge >= 0.3 is 0 Å². The second-order valence-corrected chi connectivity index (χ2v) is 5.60. The van der Waals surface area contributed by atoms with Gasteiger partial charge in [-0.1, -0.05) is 31.8 Å². The number of hydrogen-bond acceptors (Lipinski definition) is 2. The molecule has 0 bridgehead atoms. The molecule has 0 amide bonds. The maximum atomic E-state index is 10.8. The fourth-order valence-electron chi connectivity index (χ4n) is 3.19. The van der Waals surface area contributed by atoms with E-state index in [-0.39, 0.29) is 5.78 Å². The van der Waals surface area contributed by atoms with Gasteiger partial charge in [0, 0.05) is 19.6 Å². The van der Waals surface area contributed by atoms with E-state index in [1.165, 1.54) is 51.6 Å². The van der Waals surface area contributed by atoms with E-state index in [2.05, 4.69) is 4.90 Å². The van der Waals surface area contributed by atoms with E-state index in [0.29, 0.717) is 5.41 Å². The molecule has 0 unspecified atom stereocenters. The van der Waals surface area contributed by atoms with Gasteiger partial charge in [0.1, 0.15) is 0 Å². The number of carbonyl (C=O) groups is 1. The average Bonchev–Trinajstić information content (AvgIpc) is 2.41. The molecule has 0 N–H and O–H groups in total. The second kappa shape index (κ2) is 5.13. The van der Waals surface area contributed by atoms with Crippen LogP contribution in [0.3, 0.4) is 0 Å². The number of rotatable bonds is 3. The molecule has 1 spiro atoms. The van der Waals surface area contributed by atoms with Crippen molar-refractivity contribution in [1.82, 2.24) is 4.90 Å². The third-order valence-corrected chi connectivity index (χ3v) is 4.00. The summed E-state index contributed by atoms with van der Waals surface area (Å²) in [4.78, 5) is 13.2. The molecule has 1 saturated heterocycles. The summed E-state index contributed by atoms with van der Waals surface area (Å²) in [6.07, 6.45) is 12.3. The van der Waals surface area contributed by atoms with Crippen molar-refractivity contribution in [3.63, 3.8) is 0 Å². The summed E-state index contributed by atoms with van der Waals surface area (Å²) in [6.45, 7) is 5.09. The van der Waals surface area contributed by atoms with Crippen molar-refractivity contribution in [2.75, 3.05) is 19.6 Å². The maximum Gasteiger partial charge on any atom is 0.152 e. The lowest BCUT2D eigenvalue weighted by atomic mass is 9.73. The zero-order chi connectivity index (χ0) is 11.4. The molecule has 16 heavy (non-hydrogen) atoms. The largest absolute Gasteiger partial charge is 0.298 e. The number of ketones is 1. The van der Waals surface area contributed by atoms with Gasteiger partial charge in [-0.25, -0.2) is 0 Å². The summed E-state index contributed by atoms with van der Waals surface area (Å²) >= 11 is 0. The number of allylic oxidation sites excluding steroid dienone is 1. The average molecular weight is 221 g/mol. The van der Waals surface area contributed by atoms with Crippen LogP contribution in [0.1, 0.15) is 45.4 Å². The van der Waals surface area contributed by atoms with E-state index in [1.807, 2.05) is 6.08 Å². The van der Waals surface area contributed by atoms with E-state index in [1.54, 1.807) is 13.0 Å². The van der Waals surface area contributed by atoms with Crippen molar-refractivity contribution in [2.45, 2.75) is 45.4 Å². The Bertz CT molecular complexity index is 266. The first kappa shape index (κ1) is 11.8. The van der Waals surface area contributed by atoms with Crippen LogP contribution in [0, 0.1) is 5.41 Å². The van der Waals surface area contributed by atoms with E-state index in [9.17, 15) is 4.79 Å². The predicted molar refractivity (Wildman–Crippen MR) is 66.4 cm³/mol. The molecule has 1 aliphatic carbocycles. The number of hydrogen-bond donors (Lipinski definition) is 0. The van der Waals surface area contributed by atoms with Crippen molar-refractivity contribution in [1.29, 1.82) is 0 Å². The van der Waals surface area contributed by atoms with Gasteiger partial charge in [0.05, 0.1) is 0 Å². The molecule has 1 saturated carbocycles. The maximum absolute atomic E-state index is 10.8. The van der Waals surface area contributed by atoms with E-state index < -0.39 is 0 Å². The first-order valence-corrected chi connectivity index (χ1v) is 6.60.